The Morgan fingerprint density at radius 2 is 2.20 bits per heavy atom. The zero-order valence-electron chi connectivity index (χ0n) is 8.82. The summed E-state index contributed by atoms with van der Waals surface area (Å²) >= 11 is 1.75. The minimum Gasteiger partial charge on any atom is -0.480 e. The summed E-state index contributed by atoms with van der Waals surface area (Å²) < 4.78 is 0. The maximum Gasteiger partial charge on any atom is 0.320 e. The molecular weight excluding hydrogens is 214 g/mol. The molecule has 0 bridgehead atoms. The monoisotopic (exact) mass is 233 g/mol. The van der Waals surface area contributed by atoms with Gasteiger partial charge in [0.2, 0.25) is 0 Å². The average Bonchev–Trinajstić information content (AvgIpc) is 3.00. The number of carboxylic acid groups (broad SMARTS) is 1. The van der Waals surface area contributed by atoms with E-state index in [9.17, 15) is 4.79 Å². The van der Waals surface area contributed by atoms with Crippen molar-refractivity contribution in [1.29, 1.82) is 0 Å². The van der Waals surface area contributed by atoms with E-state index in [4.69, 9.17) is 10.2 Å². The van der Waals surface area contributed by atoms with E-state index in [1.807, 2.05) is 0 Å². The third kappa shape index (κ3) is 5.39. The van der Waals surface area contributed by atoms with Crippen LogP contribution >= 0.6 is 11.8 Å². The van der Waals surface area contributed by atoms with Gasteiger partial charge in [0.25, 0.3) is 0 Å². The van der Waals surface area contributed by atoms with Crippen molar-refractivity contribution in [3.63, 3.8) is 0 Å². The summed E-state index contributed by atoms with van der Waals surface area (Å²) in [5.74, 6) is 1.48. The van der Waals surface area contributed by atoms with Crippen LogP contribution in [0.2, 0.25) is 0 Å². The van der Waals surface area contributed by atoms with Crippen molar-refractivity contribution in [3.05, 3.63) is 0 Å². The van der Waals surface area contributed by atoms with Crippen molar-refractivity contribution in [1.82, 2.24) is 5.32 Å². The molecule has 3 N–H and O–H groups in total. The molecular formula is C10H19NO3S. The van der Waals surface area contributed by atoms with Crippen molar-refractivity contribution in [2.24, 2.45) is 5.92 Å². The Morgan fingerprint density at radius 1 is 1.47 bits per heavy atom. The SMILES string of the molecule is O=C(O)C(NCCSCCCO)C1CC1. The van der Waals surface area contributed by atoms with E-state index in [2.05, 4.69) is 5.32 Å². The molecule has 0 aliphatic heterocycles. The van der Waals surface area contributed by atoms with E-state index in [-0.39, 0.29) is 12.6 Å². The van der Waals surface area contributed by atoms with Crippen molar-refractivity contribution >= 4 is 17.7 Å². The van der Waals surface area contributed by atoms with Crippen LogP contribution in [0.15, 0.2) is 0 Å². The summed E-state index contributed by atoms with van der Waals surface area (Å²) in [4.78, 5) is 10.8. The lowest BCUT2D eigenvalue weighted by molar-refractivity contribution is -0.140. The predicted octanol–water partition coefficient (Wildman–Crippen LogP) is 0.555. The van der Waals surface area contributed by atoms with Crippen LogP contribution in [0.5, 0.6) is 0 Å². The summed E-state index contributed by atoms with van der Waals surface area (Å²) in [5.41, 5.74) is 0. The first-order valence-corrected chi connectivity index (χ1v) is 6.56. The molecule has 1 saturated carbocycles. The Balaban J connectivity index is 1.99. The zero-order valence-corrected chi connectivity index (χ0v) is 9.63. The van der Waals surface area contributed by atoms with Gasteiger partial charge in [0.15, 0.2) is 0 Å². The topological polar surface area (TPSA) is 69.6 Å². The van der Waals surface area contributed by atoms with Crippen LogP contribution in [0, 0.1) is 5.92 Å². The molecule has 1 fully saturated rings. The highest BCUT2D eigenvalue weighted by molar-refractivity contribution is 7.99. The highest BCUT2D eigenvalue weighted by Crippen LogP contribution is 2.32. The normalized spacial score (nSPS) is 17.7. The Kier molecular flexibility index (Phi) is 6.05. The standard InChI is InChI=1S/C10H19NO3S/c12-5-1-6-15-7-4-11-9(10(13)14)8-2-3-8/h8-9,11-12H,1-7H2,(H,13,14). The molecule has 5 heteroatoms. The number of thioether (sulfide) groups is 1. The molecule has 1 aliphatic carbocycles. The second kappa shape index (κ2) is 7.09. The third-order valence-electron chi connectivity index (χ3n) is 2.42. The van der Waals surface area contributed by atoms with Gasteiger partial charge in [-0.25, -0.2) is 0 Å². The minimum atomic E-state index is -0.724. The number of carbonyl (C=O) groups is 1. The Labute approximate surface area is 94.4 Å². The minimum absolute atomic E-state index is 0.236. The Hall–Kier alpha value is -0.260. The van der Waals surface area contributed by atoms with Gasteiger partial charge < -0.3 is 15.5 Å². The molecule has 1 rings (SSSR count). The molecule has 1 atom stereocenters. The Bertz CT molecular complexity index is 197. The van der Waals surface area contributed by atoms with E-state index >= 15 is 0 Å². The van der Waals surface area contributed by atoms with E-state index in [0.717, 1.165) is 37.3 Å². The molecule has 1 aliphatic rings. The summed E-state index contributed by atoms with van der Waals surface area (Å²) in [6.45, 7) is 0.976. The van der Waals surface area contributed by atoms with E-state index in [1.165, 1.54) is 0 Å². The van der Waals surface area contributed by atoms with Crippen molar-refractivity contribution in [2.75, 3.05) is 24.7 Å². The number of hydrogen-bond donors (Lipinski definition) is 3. The van der Waals surface area contributed by atoms with E-state index in [1.54, 1.807) is 11.8 Å². The van der Waals surface area contributed by atoms with Gasteiger partial charge >= 0.3 is 5.97 Å². The average molecular weight is 233 g/mol. The summed E-state index contributed by atoms with van der Waals surface area (Å²) in [7, 11) is 0. The lowest BCUT2D eigenvalue weighted by Gasteiger charge is -2.12. The molecule has 0 aromatic rings. The number of hydrogen-bond acceptors (Lipinski definition) is 4. The molecule has 4 nitrogen and oxygen atoms in total. The summed E-state index contributed by atoms with van der Waals surface area (Å²) in [5, 5.41) is 20.6. The summed E-state index contributed by atoms with van der Waals surface area (Å²) in [6, 6.07) is -0.344. The van der Waals surface area contributed by atoms with Crippen LogP contribution in [0.25, 0.3) is 0 Å². The number of aliphatic hydroxyl groups excluding tert-OH is 1. The fourth-order valence-corrected chi connectivity index (χ4v) is 2.24. The fraction of sp³-hybridized carbons (Fsp3) is 0.900. The third-order valence-corrected chi connectivity index (χ3v) is 3.49. The summed E-state index contributed by atoms with van der Waals surface area (Å²) in [6.07, 6.45) is 2.90. The first kappa shape index (κ1) is 12.8. The van der Waals surface area contributed by atoms with Gasteiger partial charge in [-0.3, -0.25) is 4.79 Å². The zero-order chi connectivity index (χ0) is 11.1. The van der Waals surface area contributed by atoms with Crippen molar-refractivity contribution in [2.45, 2.75) is 25.3 Å². The quantitative estimate of drug-likeness (QED) is 0.508. The molecule has 0 spiro atoms. The molecule has 0 aromatic carbocycles. The van der Waals surface area contributed by atoms with Gasteiger partial charge in [0.05, 0.1) is 0 Å². The number of rotatable bonds is 9. The molecule has 0 saturated heterocycles. The lowest BCUT2D eigenvalue weighted by atomic mass is 10.2. The first-order valence-electron chi connectivity index (χ1n) is 5.40. The van der Waals surface area contributed by atoms with Gasteiger partial charge in [0, 0.05) is 18.9 Å². The lowest BCUT2D eigenvalue weighted by Crippen LogP contribution is -2.39. The molecule has 1 unspecified atom stereocenters. The van der Waals surface area contributed by atoms with Crippen LogP contribution in [-0.4, -0.2) is 46.9 Å². The first-order chi connectivity index (χ1) is 7.25. The van der Waals surface area contributed by atoms with E-state index in [0.29, 0.717) is 5.92 Å². The van der Waals surface area contributed by atoms with Gasteiger partial charge in [-0.2, -0.15) is 11.8 Å². The maximum absolute atomic E-state index is 10.8. The van der Waals surface area contributed by atoms with Gasteiger partial charge in [0.1, 0.15) is 6.04 Å². The van der Waals surface area contributed by atoms with Crippen LogP contribution in [0.1, 0.15) is 19.3 Å². The smallest absolute Gasteiger partial charge is 0.320 e. The maximum atomic E-state index is 10.8. The van der Waals surface area contributed by atoms with E-state index < -0.39 is 5.97 Å². The molecule has 0 aromatic heterocycles. The molecule has 0 radical (unpaired) electrons. The van der Waals surface area contributed by atoms with Crippen LogP contribution < -0.4 is 5.32 Å². The highest BCUT2D eigenvalue weighted by Gasteiger charge is 2.35. The number of aliphatic carboxylic acids is 1. The van der Waals surface area contributed by atoms with Crippen molar-refractivity contribution in [3.8, 4) is 0 Å². The van der Waals surface area contributed by atoms with Crippen LogP contribution in [-0.2, 0) is 4.79 Å². The molecule has 0 heterocycles. The second-order valence-electron chi connectivity index (χ2n) is 3.80. The Morgan fingerprint density at radius 3 is 2.73 bits per heavy atom. The van der Waals surface area contributed by atoms with Crippen LogP contribution in [0.3, 0.4) is 0 Å². The predicted molar refractivity (Wildman–Crippen MR) is 61.2 cm³/mol. The number of carboxylic acids is 1. The largest absolute Gasteiger partial charge is 0.480 e. The van der Waals surface area contributed by atoms with Gasteiger partial charge in [-0.1, -0.05) is 0 Å². The molecule has 0 amide bonds. The van der Waals surface area contributed by atoms with Crippen LogP contribution in [0.4, 0.5) is 0 Å². The van der Waals surface area contributed by atoms with Gasteiger partial charge in [-0.05, 0) is 30.9 Å². The highest BCUT2D eigenvalue weighted by atomic mass is 32.2. The molecule has 15 heavy (non-hydrogen) atoms. The van der Waals surface area contributed by atoms with Crippen molar-refractivity contribution < 1.29 is 15.0 Å². The fourth-order valence-electron chi connectivity index (χ4n) is 1.44. The molecule has 88 valence electrons. The number of nitrogens with one attached hydrogen (secondary N) is 1. The number of aliphatic hydroxyl groups is 1. The second-order valence-corrected chi connectivity index (χ2v) is 5.02. The van der Waals surface area contributed by atoms with Gasteiger partial charge in [-0.15, -0.1) is 0 Å².